The van der Waals surface area contributed by atoms with Gasteiger partial charge in [0.15, 0.2) is 0 Å². The van der Waals surface area contributed by atoms with E-state index in [1.807, 2.05) is 20.8 Å². The standard InChI is InChI=1S/C17H18ClN3O5S/c1-17(2,3)19-16(22)11-4-6-12(7-5-11)20-27(25,26)13-8-9-14(18)15(10-13)21(23)24/h4-10,20H,1-3H3,(H,19,22). The number of nitro benzene ring substituents is 1. The second-order valence-corrected chi connectivity index (χ2v) is 8.85. The number of hydrogen-bond acceptors (Lipinski definition) is 5. The molecule has 0 bridgehead atoms. The van der Waals surface area contributed by atoms with Gasteiger partial charge in [0.25, 0.3) is 21.6 Å². The first-order chi connectivity index (χ1) is 12.4. The highest BCUT2D eigenvalue weighted by Gasteiger charge is 2.21. The number of amides is 1. The quantitative estimate of drug-likeness (QED) is 0.575. The molecule has 0 aliphatic rings. The van der Waals surface area contributed by atoms with Crippen LogP contribution in [0, 0.1) is 10.1 Å². The van der Waals surface area contributed by atoms with Crippen LogP contribution in [0.4, 0.5) is 11.4 Å². The summed E-state index contributed by atoms with van der Waals surface area (Å²) >= 11 is 5.70. The first kappa shape index (κ1) is 20.7. The molecule has 10 heteroatoms. The molecule has 1 amide bonds. The second-order valence-electron chi connectivity index (χ2n) is 6.76. The first-order valence-corrected chi connectivity index (χ1v) is 9.64. The molecule has 0 aliphatic heterocycles. The van der Waals surface area contributed by atoms with Crippen LogP contribution < -0.4 is 10.0 Å². The third kappa shape index (κ3) is 5.41. The molecule has 0 radical (unpaired) electrons. The predicted octanol–water partition coefficient (Wildman–Crippen LogP) is 3.58. The molecule has 0 spiro atoms. The lowest BCUT2D eigenvalue weighted by Gasteiger charge is -2.20. The van der Waals surface area contributed by atoms with Gasteiger partial charge in [-0.05, 0) is 57.2 Å². The summed E-state index contributed by atoms with van der Waals surface area (Å²) in [5, 5.41) is 13.6. The van der Waals surface area contributed by atoms with Crippen LogP contribution in [0.15, 0.2) is 47.4 Å². The minimum atomic E-state index is -4.06. The number of anilines is 1. The molecule has 0 aromatic heterocycles. The van der Waals surface area contributed by atoms with E-state index < -0.39 is 26.2 Å². The summed E-state index contributed by atoms with van der Waals surface area (Å²) in [6, 6.07) is 9.01. The van der Waals surface area contributed by atoms with Crippen LogP contribution >= 0.6 is 11.6 Å². The van der Waals surface area contributed by atoms with Crippen molar-refractivity contribution in [2.24, 2.45) is 0 Å². The van der Waals surface area contributed by atoms with Crippen molar-refractivity contribution in [2.75, 3.05) is 4.72 Å². The SMILES string of the molecule is CC(C)(C)NC(=O)c1ccc(NS(=O)(=O)c2ccc(Cl)c([N+](=O)[O-])c2)cc1. The Balaban J connectivity index is 2.22. The van der Waals surface area contributed by atoms with Crippen molar-refractivity contribution in [3.8, 4) is 0 Å². The number of halogens is 1. The third-order valence-electron chi connectivity index (χ3n) is 3.31. The normalized spacial score (nSPS) is 11.7. The van der Waals surface area contributed by atoms with E-state index in [2.05, 4.69) is 10.0 Å². The molecule has 0 saturated heterocycles. The number of hydrogen-bond donors (Lipinski definition) is 2. The fourth-order valence-corrected chi connectivity index (χ4v) is 3.38. The van der Waals surface area contributed by atoms with Crippen molar-refractivity contribution in [2.45, 2.75) is 31.2 Å². The Kier molecular flexibility index (Phi) is 5.76. The Hall–Kier alpha value is -2.65. The van der Waals surface area contributed by atoms with Crippen LogP contribution in [0.1, 0.15) is 31.1 Å². The number of rotatable bonds is 5. The number of carbonyl (C=O) groups excluding carboxylic acids is 1. The predicted molar refractivity (Wildman–Crippen MR) is 103 cm³/mol. The summed E-state index contributed by atoms with van der Waals surface area (Å²) in [4.78, 5) is 22.0. The molecular weight excluding hydrogens is 394 g/mol. The highest BCUT2D eigenvalue weighted by atomic mass is 35.5. The smallest absolute Gasteiger partial charge is 0.289 e. The zero-order chi connectivity index (χ0) is 20.4. The van der Waals surface area contributed by atoms with Crippen molar-refractivity contribution in [3.63, 3.8) is 0 Å². The van der Waals surface area contributed by atoms with Gasteiger partial charge in [0.05, 0.1) is 9.82 Å². The van der Waals surface area contributed by atoms with Gasteiger partial charge in [-0.15, -0.1) is 0 Å². The second kappa shape index (κ2) is 7.53. The lowest BCUT2D eigenvalue weighted by Crippen LogP contribution is -2.40. The molecule has 0 fully saturated rings. The summed E-state index contributed by atoms with van der Waals surface area (Å²) in [6.07, 6.45) is 0. The summed E-state index contributed by atoms with van der Waals surface area (Å²) in [5.41, 5.74) is -0.329. The van der Waals surface area contributed by atoms with Crippen LogP contribution in [0.25, 0.3) is 0 Å². The molecule has 8 nitrogen and oxygen atoms in total. The van der Waals surface area contributed by atoms with E-state index in [0.29, 0.717) is 5.56 Å². The van der Waals surface area contributed by atoms with Crippen LogP contribution in [0.3, 0.4) is 0 Å². The van der Waals surface area contributed by atoms with E-state index in [9.17, 15) is 23.3 Å². The van der Waals surface area contributed by atoms with Gasteiger partial charge in [-0.2, -0.15) is 0 Å². The molecule has 144 valence electrons. The molecule has 27 heavy (non-hydrogen) atoms. The zero-order valence-corrected chi connectivity index (χ0v) is 16.4. The van der Waals surface area contributed by atoms with Gasteiger partial charge >= 0.3 is 0 Å². The van der Waals surface area contributed by atoms with Crippen molar-refractivity contribution >= 4 is 38.9 Å². The summed E-state index contributed by atoms with van der Waals surface area (Å²) in [5.74, 6) is -0.287. The Bertz CT molecular complexity index is 983. The van der Waals surface area contributed by atoms with Gasteiger partial charge < -0.3 is 5.32 Å². The molecule has 2 aromatic rings. The minimum absolute atomic E-state index is 0.159. The largest absolute Gasteiger partial charge is 0.347 e. The number of benzene rings is 2. The molecular formula is C17H18ClN3O5S. The number of carbonyl (C=O) groups is 1. The molecule has 0 atom stereocenters. The summed E-state index contributed by atoms with van der Waals surface area (Å²) < 4.78 is 27.2. The highest BCUT2D eigenvalue weighted by Crippen LogP contribution is 2.28. The van der Waals surface area contributed by atoms with E-state index in [1.165, 1.54) is 30.3 Å². The molecule has 0 unspecified atom stereocenters. The van der Waals surface area contributed by atoms with Crippen molar-refractivity contribution in [1.29, 1.82) is 0 Å². The zero-order valence-electron chi connectivity index (χ0n) is 14.8. The van der Waals surface area contributed by atoms with Gasteiger partial charge in [0.2, 0.25) is 0 Å². The Morgan fingerprint density at radius 2 is 1.70 bits per heavy atom. The van der Waals surface area contributed by atoms with Gasteiger partial charge in [-0.1, -0.05) is 11.6 Å². The highest BCUT2D eigenvalue weighted by molar-refractivity contribution is 7.92. The number of nitro groups is 1. The molecule has 0 saturated carbocycles. The topological polar surface area (TPSA) is 118 Å². The third-order valence-corrected chi connectivity index (χ3v) is 5.01. The van der Waals surface area contributed by atoms with Crippen LogP contribution in [0.5, 0.6) is 0 Å². The maximum absolute atomic E-state index is 12.4. The molecule has 0 aliphatic carbocycles. The van der Waals surface area contributed by atoms with Crippen molar-refractivity contribution in [1.82, 2.24) is 5.32 Å². The van der Waals surface area contributed by atoms with Gasteiger partial charge in [-0.25, -0.2) is 8.42 Å². The minimum Gasteiger partial charge on any atom is -0.347 e. The summed E-state index contributed by atoms with van der Waals surface area (Å²) in [6.45, 7) is 5.54. The lowest BCUT2D eigenvalue weighted by atomic mass is 10.1. The molecule has 2 N–H and O–H groups in total. The van der Waals surface area contributed by atoms with Gasteiger partial charge in [0, 0.05) is 22.9 Å². The van der Waals surface area contributed by atoms with Gasteiger partial charge in [0.1, 0.15) is 5.02 Å². The fourth-order valence-electron chi connectivity index (χ4n) is 2.12. The number of nitrogens with one attached hydrogen (secondary N) is 2. The van der Waals surface area contributed by atoms with Crippen LogP contribution in [-0.4, -0.2) is 24.8 Å². The van der Waals surface area contributed by atoms with Crippen LogP contribution in [-0.2, 0) is 10.0 Å². The molecule has 0 heterocycles. The monoisotopic (exact) mass is 411 g/mol. The van der Waals surface area contributed by atoms with Gasteiger partial charge in [-0.3, -0.25) is 19.6 Å². The molecule has 2 aromatic carbocycles. The van der Waals surface area contributed by atoms with E-state index >= 15 is 0 Å². The Morgan fingerprint density at radius 1 is 1.11 bits per heavy atom. The maximum atomic E-state index is 12.4. The van der Waals surface area contributed by atoms with Crippen LogP contribution in [0.2, 0.25) is 5.02 Å². The van der Waals surface area contributed by atoms with E-state index in [4.69, 9.17) is 11.6 Å². The first-order valence-electron chi connectivity index (χ1n) is 7.78. The Labute approximate surface area is 161 Å². The van der Waals surface area contributed by atoms with E-state index in [1.54, 1.807) is 0 Å². The summed E-state index contributed by atoms with van der Waals surface area (Å²) in [7, 11) is -4.06. The fraction of sp³-hybridized carbons (Fsp3) is 0.235. The average molecular weight is 412 g/mol. The Morgan fingerprint density at radius 3 is 2.22 bits per heavy atom. The number of sulfonamides is 1. The number of nitrogens with zero attached hydrogens (tertiary/aromatic N) is 1. The van der Waals surface area contributed by atoms with E-state index in [0.717, 1.165) is 12.1 Å². The molecule has 2 rings (SSSR count). The van der Waals surface area contributed by atoms with Crippen molar-refractivity contribution in [3.05, 3.63) is 63.2 Å². The maximum Gasteiger partial charge on any atom is 0.289 e. The average Bonchev–Trinajstić information content (AvgIpc) is 2.53. The van der Waals surface area contributed by atoms with Crippen molar-refractivity contribution < 1.29 is 18.1 Å². The van der Waals surface area contributed by atoms with E-state index in [-0.39, 0.29) is 21.5 Å². The lowest BCUT2D eigenvalue weighted by molar-refractivity contribution is -0.384.